The van der Waals surface area contributed by atoms with Gasteiger partial charge in [-0.25, -0.2) is 0 Å². The Kier molecular flexibility index (Phi) is 5.75. The summed E-state index contributed by atoms with van der Waals surface area (Å²) in [5.41, 5.74) is 5.65. The van der Waals surface area contributed by atoms with Crippen LogP contribution in [0.3, 0.4) is 0 Å². The van der Waals surface area contributed by atoms with Gasteiger partial charge in [0.05, 0.1) is 12.6 Å². The zero-order chi connectivity index (χ0) is 14.4. The standard InChI is InChI=1S/C12H22N4O3/c1-7(2)11(13)12(19)15-6-10(18)16-8-3-4-9(17)14-5-8/h7-8,11H,3-6,13H2,1-2H3,(H,14,17)(H,15,19)(H,16,18)/t8?,11-/m0/s1. The van der Waals surface area contributed by atoms with E-state index in [2.05, 4.69) is 16.0 Å². The summed E-state index contributed by atoms with van der Waals surface area (Å²) in [4.78, 5) is 34.1. The van der Waals surface area contributed by atoms with E-state index in [4.69, 9.17) is 5.73 Å². The Hall–Kier alpha value is -1.63. The molecule has 1 fully saturated rings. The third-order valence-electron chi connectivity index (χ3n) is 3.07. The maximum atomic E-state index is 11.6. The monoisotopic (exact) mass is 270 g/mol. The maximum Gasteiger partial charge on any atom is 0.239 e. The Labute approximate surface area is 112 Å². The molecule has 0 bridgehead atoms. The van der Waals surface area contributed by atoms with Gasteiger partial charge in [0.25, 0.3) is 0 Å². The Balaban J connectivity index is 2.24. The van der Waals surface area contributed by atoms with E-state index in [0.717, 1.165) is 0 Å². The lowest BCUT2D eigenvalue weighted by atomic mass is 10.1. The van der Waals surface area contributed by atoms with Crippen LogP contribution in [0.1, 0.15) is 26.7 Å². The van der Waals surface area contributed by atoms with Crippen molar-refractivity contribution in [3.05, 3.63) is 0 Å². The summed E-state index contributed by atoms with van der Waals surface area (Å²) in [6.07, 6.45) is 1.03. The average molecular weight is 270 g/mol. The van der Waals surface area contributed by atoms with E-state index in [0.29, 0.717) is 19.4 Å². The first-order valence-corrected chi connectivity index (χ1v) is 6.49. The van der Waals surface area contributed by atoms with Gasteiger partial charge in [-0.3, -0.25) is 14.4 Å². The normalized spacial score (nSPS) is 20.6. The maximum absolute atomic E-state index is 11.6. The van der Waals surface area contributed by atoms with Crippen LogP contribution in [0.4, 0.5) is 0 Å². The molecule has 0 aromatic heterocycles. The van der Waals surface area contributed by atoms with Gasteiger partial charge in [-0.1, -0.05) is 13.8 Å². The van der Waals surface area contributed by atoms with Crippen LogP contribution >= 0.6 is 0 Å². The number of carbonyl (C=O) groups excluding carboxylic acids is 3. The summed E-state index contributed by atoms with van der Waals surface area (Å²) in [7, 11) is 0. The first-order chi connectivity index (χ1) is 8.90. The molecule has 0 radical (unpaired) electrons. The summed E-state index contributed by atoms with van der Waals surface area (Å²) < 4.78 is 0. The van der Waals surface area contributed by atoms with Crippen LogP contribution in [0.5, 0.6) is 0 Å². The van der Waals surface area contributed by atoms with Crippen LogP contribution < -0.4 is 21.7 Å². The topological polar surface area (TPSA) is 113 Å². The summed E-state index contributed by atoms with van der Waals surface area (Å²) in [6, 6.07) is -0.678. The van der Waals surface area contributed by atoms with Crippen molar-refractivity contribution in [2.75, 3.05) is 13.1 Å². The molecular weight excluding hydrogens is 248 g/mol. The van der Waals surface area contributed by atoms with Crippen LogP contribution in [0.25, 0.3) is 0 Å². The molecule has 0 saturated carbocycles. The van der Waals surface area contributed by atoms with E-state index in [1.807, 2.05) is 13.8 Å². The van der Waals surface area contributed by atoms with Crippen molar-refractivity contribution in [1.29, 1.82) is 0 Å². The number of nitrogens with two attached hydrogens (primary N) is 1. The second kappa shape index (κ2) is 7.08. The highest BCUT2D eigenvalue weighted by Crippen LogP contribution is 2.02. The van der Waals surface area contributed by atoms with Crippen molar-refractivity contribution >= 4 is 17.7 Å². The summed E-state index contributed by atoms with van der Waals surface area (Å²) in [5.74, 6) is -0.578. The van der Waals surface area contributed by atoms with Gasteiger partial charge in [0, 0.05) is 19.0 Å². The first-order valence-electron chi connectivity index (χ1n) is 6.49. The van der Waals surface area contributed by atoms with Crippen molar-refractivity contribution in [2.45, 2.75) is 38.8 Å². The molecule has 7 heteroatoms. The Morgan fingerprint density at radius 1 is 1.47 bits per heavy atom. The number of nitrogens with one attached hydrogen (secondary N) is 3. The van der Waals surface area contributed by atoms with Crippen molar-refractivity contribution < 1.29 is 14.4 Å². The van der Waals surface area contributed by atoms with Crippen LogP contribution in [0, 0.1) is 5.92 Å². The molecule has 1 rings (SSSR count). The number of hydrogen-bond donors (Lipinski definition) is 4. The van der Waals surface area contributed by atoms with Crippen LogP contribution in [0.15, 0.2) is 0 Å². The van der Waals surface area contributed by atoms with Gasteiger partial charge in [0.1, 0.15) is 0 Å². The van der Waals surface area contributed by atoms with Gasteiger partial charge < -0.3 is 21.7 Å². The van der Waals surface area contributed by atoms with Crippen molar-refractivity contribution in [3.8, 4) is 0 Å². The number of hydrogen-bond acceptors (Lipinski definition) is 4. The van der Waals surface area contributed by atoms with Crippen LogP contribution in [0.2, 0.25) is 0 Å². The minimum Gasteiger partial charge on any atom is -0.354 e. The number of piperidine rings is 1. The van der Waals surface area contributed by atoms with E-state index >= 15 is 0 Å². The minimum atomic E-state index is -0.609. The SMILES string of the molecule is CC(C)[C@H](N)C(=O)NCC(=O)NC1CCC(=O)NC1. The Morgan fingerprint density at radius 2 is 2.16 bits per heavy atom. The van der Waals surface area contributed by atoms with Crippen LogP contribution in [-0.2, 0) is 14.4 Å². The molecule has 3 amide bonds. The number of amides is 3. The third kappa shape index (κ3) is 5.25. The molecule has 108 valence electrons. The molecule has 1 aliphatic heterocycles. The molecule has 0 aliphatic carbocycles. The van der Waals surface area contributed by atoms with E-state index in [1.54, 1.807) is 0 Å². The smallest absolute Gasteiger partial charge is 0.239 e. The largest absolute Gasteiger partial charge is 0.354 e. The van der Waals surface area contributed by atoms with Crippen LogP contribution in [-0.4, -0.2) is 42.9 Å². The number of rotatable bonds is 5. The Morgan fingerprint density at radius 3 is 2.68 bits per heavy atom. The molecule has 19 heavy (non-hydrogen) atoms. The van der Waals surface area contributed by atoms with Gasteiger partial charge in [-0.2, -0.15) is 0 Å². The van der Waals surface area contributed by atoms with Gasteiger partial charge in [-0.05, 0) is 12.3 Å². The Bertz CT molecular complexity index is 347. The minimum absolute atomic E-state index is 0.00158. The van der Waals surface area contributed by atoms with E-state index in [9.17, 15) is 14.4 Å². The third-order valence-corrected chi connectivity index (χ3v) is 3.07. The van der Waals surface area contributed by atoms with E-state index in [-0.39, 0.29) is 36.2 Å². The zero-order valence-electron chi connectivity index (χ0n) is 11.4. The molecular formula is C12H22N4O3. The highest BCUT2D eigenvalue weighted by Gasteiger charge is 2.21. The predicted octanol–water partition coefficient (Wildman–Crippen LogP) is -1.52. The molecule has 1 aliphatic rings. The fourth-order valence-corrected chi connectivity index (χ4v) is 1.72. The van der Waals surface area contributed by atoms with E-state index < -0.39 is 6.04 Å². The lowest BCUT2D eigenvalue weighted by Crippen LogP contribution is -2.51. The molecule has 5 N–H and O–H groups in total. The molecule has 1 unspecified atom stereocenters. The summed E-state index contributed by atoms with van der Waals surface area (Å²) >= 11 is 0. The van der Waals surface area contributed by atoms with Crippen molar-refractivity contribution in [1.82, 2.24) is 16.0 Å². The first kappa shape index (κ1) is 15.4. The number of carbonyl (C=O) groups is 3. The predicted molar refractivity (Wildman–Crippen MR) is 70.0 cm³/mol. The van der Waals surface area contributed by atoms with Gasteiger partial charge >= 0.3 is 0 Å². The molecule has 1 saturated heterocycles. The van der Waals surface area contributed by atoms with Gasteiger partial charge in [-0.15, -0.1) is 0 Å². The van der Waals surface area contributed by atoms with E-state index in [1.165, 1.54) is 0 Å². The molecule has 2 atom stereocenters. The highest BCUT2D eigenvalue weighted by molar-refractivity contribution is 5.87. The van der Waals surface area contributed by atoms with Gasteiger partial charge in [0.15, 0.2) is 0 Å². The quantitative estimate of drug-likeness (QED) is 0.486. The zero-order valence-corrected chi connectivity index (χ0v) is 11.4. The second-order valence-electron chi connectivity index (χ2n) is 5.09. The lowest BCUT2D eigenvalue weighted by molar-refractivity contribution is -0.128. The second-order valence-corrected chi connectivity index (χ2v) is 5.09. The molecule has 0 spiro atoms. The van der Waals surface area contributed by atoms with Gasteiger partial charge in [0.2, 0.25) is 17.7 Å². The molecule has 1 heterocycles. The highest BCUT2D eigenvalue weighted by atomic mass is 16.2. The fraction of sp³-hybridized carbons (Fsp3) is 0.750. The summed E-state index contributed by atoms with van der Waals surface area (Å²) in [6.45, 7) is 4.03. The fourth-order valence-electron chi connectivity index (χ4n) is 1.72. The van der Waals surface area contributed by atoms with Crippen molar-refractivity contribution in [2.24, 2.45) is 11.7 Å². The molecule has 7 nitrogen and oxygen atoms in total. The van der Waals surface area contributed by atoms with Crippen molar-refractivity contribution in [3.63, 3.8) is 0 Å². The lowest BCUT2D eigenvalue weighted by Gasteiger charge is -2.23. The summed E-state index contributed by atoms with van der Waals surface area (Å²) in [5, 5.41) is 7.93. The average Bonchev–Trinajstić information content (AvgIpc) is 2.37. The molecule has 0 aromatic carbocycles. The molecule has 0 aromatic rings.